The number of rotatable bonds is 1. The van der Waals surface area contributed by atoms with Gasteiger partial charge in [-0.1, -0.05) is 30.3 Å². The lowest BCUT2D eigenvalue weighted by Crippen LogP contribution is -2.76. The first-order chi connectivity index (χ1) is 42.1. The summed E-state index contributed by atoms with van der Waals surface area (Å²) in [4.78, 5) is 46.4. The number of methoxy groups -OCH3 is 1. The molecule has 8 aliphatic heterocycles. The van der Waals surface area contributed by atoms with Crippen molar-refractivity contribution in [2.45, 2.75) is 151 Å². The van der Waals surface area contributed by atoms with Gasteiger partial charge in [0.2, 0.25) is 0 Å². The Balaban J connectivity index is 0.0000000910. The van der Waals surface area contributed by atoms with Crippen molar-refractivity contribution in [1.29, 1.82) is 0 Å². The van der Waals surface area contributed by atoms with Crippen LogP contribution in [0.4, 0.5) is 0 Å². The standard InChI is InChI=1S/C18H19NO3.C17H19NO4.2C17H17NO4/c1-19-8-7-18-11-4-6-14(21-2)17(18)22-16-13(20)5-3-10(15(16)18)9-12(11)19;3*1-18-7-6-16-13-9-2-3-10(19)14(13)22-15(16)11(20)4-5-17(16,21)12(18)8-9/h3-6,12,17,20H,7-9H2,1-2H3;2-3,12,15,19,21H,4-8H2,1H3;2*2-5,12,15,19,21H,6-8H2,1H3/t12-,17?,18+;3*12-,15?,16+,17-/m1111/s1. The van der Waals surface area contributed by atoms with Crippen molar-refractivity contribution in [3.8, 4) is 46.0 Å². The van der Waals surface area contributed by atoms with E-state index in [1.54, 1.807) is 43.5 Å². The summed E-state index contributed by atoms with van der Waals surface area (Å²) in [7, 11) is 9.96. The fourth-order valence-corrected chi connectivity index (χ4v) is 20.7. The number of hydrogen-bond acceptors (Lipinski definition) is 19. The second-order valence-corrected chi connectivity index (χ2v) is 27.9. The smallest absolute Gasteiger partial charge is 0.196 e. The quantitative estimate of drug-likeness (QED) is 0.143. The Morgan fingerprint density at radius 2 is 0.898 bits per heavy atom. The van der Waals surface area contributed by atoms with Gasteiger partial charge in [-0.25, -0.2) is 0 Å². The molecule has 1 saturated carbocycles. The van der Waals surface area contributed by atoms with E-state index in [1.807, 2.05) is 45.4 Å². The number of piperidine rings is 4. The maximum Gasteiger partial charge on any atom is 0.196 e. The molecule has 19 nitrogen and oxygen atoms in total. The average Bonchev–Trinajstić information content (AvgIpc) is 1.39. The zero-order valence-electron chi connectivity index (χ0n) is 49.8. The van der Waals surface area contributed by atoms with Crippen LogP contribution >= 0.6 is 0 Å². The van der Waals surface area contributed by atoms with Crippen LogP contribution in [0.1, 0.15) is 83.0 Å². The normalized spacial score (nSPS) is 39.8. The van der Waals surface area contributed by atoms with Crippen molar-refractivity contribution in [3.63, 3.8) is 0 Å². The minimum atomic E-state index is -1.13. The summed E-state index contributed by atoms with van der Waals surface area (Å²) in [5, 5.41) is 75.6. The minimum Gasteiger partial charge on any atom is -0.504 e. The molecule has 16 aliphatic rings. The summed E-state index contributed by atoms with van der Waals surface area (Å²) in [6, 6.07) is 14.7. The maximum absolute atomic E-state index is 12.5. The van der Waals surface area contributed by atoms with Gasteiger partial charge in [0.25, 0.3) is 0 Å². The summed E-state index contributed by atoms with van der Waals surface area (Å²) in [5.74, 6) is 2.96. The average molecular weight is 1200 g/mol. The summed E-state index contributed by atoms with van der Waals surface area (Å²) in [6.45, 7) is 3.45. The highest BCUT2D eigenvalue weighted by molar-refractivity contribution is 6.00. The molecule has 4 saturated heterocycles. The molecule has 7 N–H and O–H groups in total. The molecule has 0 amide bonds. The van der Waals surface area contributed by atoms with Gasteiger partial charge in [-0.05, 0) is 195 Å². The molecule has 458 valence electrons. The van der Waals surface area contributed by atoms with Crippen molar-refractivity contribution >= 4 is 17.3 Å². The Morgan fingerprint density at radius 1 is 0.477 bits per heavy atom. The van der Waals surface area contributed by atoms with Crippen LogP contribution in [-0.4, -0.2) is 200 Å². The number of likely N-dealkylation sites (N-methyl/N-ethyl adjacent to an activating group) is 4. The third-order valence-corrected chi connectivity index (χ3v) is 24.8. The highest BCUT2D eigenvalue weighted by Crippen LogP contribution is 2.68. The minimum absolute atomic E-state index is 0.00319. The number of phenols is 4. The lowest BCUT2D eigenvalue weighted by atomic mass is 9.49. The van der Waals surface area contributed by atoms with Crippen LogP contribution in [0.3, 0.4) is 0 Å². The van der Waals surface area contributed by atoms with Gasteiger partial charge in [0.15, 0.2) is 87.8 Å². The molecule has 0 aromatic heterocycles. The van der Waals surface area contributed by atoms with E-state index < -0.39 is 51.4 Å². The maximum atomic E-state index is 12.5. The van der Waals surface area contributed by atoms with E-state index in [0.29, 0.717) is 74.0 Å². The second kappa shape index (κ2) is 17.8. The van der Waals surface area contributed by atoms with Crippen LogP contribution in [0.5, 0.6) is 46.0 Å². The van der Waals surface area contributed by atoms with Gasteiger partial charge in [0.1, 0.15) is 17.0 Å². The molecule has 5 fully saturated rings. The van der Waals surface area contributed by atoms with E-state index in [-0.39, 0.29) is 70.0 Å². The molecule has 4 unspecified atom stereocenters. The Hall–Kier alpha value is -7.23. The molecule has 4 spiro atoms. The number of Topliss-reactive ketones (excluding diaryl/α,β-unsaturated/α-hetero) is 1. The number of carbonyl (C=O) groups is 3. The molecule has 4 aromatic rings. The largest absolute Gasteiger partial charge is 0.504 e. The van der Waals surface area contributed by atoms with E-state index in [9.17, 15) is 50.1 Å². The van der Waals surface area contributed by atoms with Gasteiger partial charge in [0, 0.05) is 52.8 Å². The molecule has 20 rings (SSSR count). The highest BCUT2D eigenvalue weighted by Gasteiger charge is 2.75. The monoisotopic (exact) mass is 1200 g/mol. The summed E-state index contributed by atoms with van der Waals surface area (Å²) >= 11 is 0. The SMILES string of the molecule is CN1CC[C@]23c4c5ccc(O)c4OC2C(=O)C=C[C@@]3(O)[C@H]1C5.CN1CC[C@]23c4c5ccc(O)c4OC2C(=O)C=C[C@@]3(O)[C@H]1C5.CN1CC[C@]23c4c5ccc(O)c4OC2C(=O)CC[C@@]3(O)[C@H]1C5.COC1=CC=C2[C@H]3Cc4ccc(O)c5c4[C@@]2(CCN3C)C1O5. The Kier molecular flexibility index (Phi) is 11.1. The topological polar surface area (TPSA) is 252 Å². The number of allylic oxidation sites excluding steroid dienone is 2. The van der Waals surface area contributed by atoms with E-state index >= 15 is 0 Å². The number of aliphatic hydroxyl groups is 3. The van der Waals surface area contributed by atoms with E-state index in [0.717, 1.165) is 84.6 Å². The molecular weight excluding hydrogens is 1120 g/mol. The van der Waals surface area contributed by atoms with Gasteiger partial charge in [-0.2, -0.15) is 0 Å². The fraction of sp³-hybridized carbons (Fsp3) is 0.493. The Bertz CT molecular complexity index is 3850. The van der Waals surface area contributed by atoms with Crippen LogP contribution in [-0.2, 0) is 66.5 Å². The zero-order chi connectivity index (χ0) is 60.9. The van der Waals surface area contributed by atoms with Gasteiger partial charge in [-0.3, -0.25) is 29.1 Å². The van der Waals surface area contributed by atoms with Gasteiger partial charge >= 0.3 is 0 Å². The molecule has 4 aromatic carbocycles. The molecule has 88 heavy (non-hydrogen) atoms. The van der Waals surface area contributed by atoms with Crippen molar-refractivity contribution in [3.05, 3.63) is 141 Å². The van der Waals surface area contributed by atoms with Crippen molar-refractivity contribution in [1.82, 2.24) is 19.6 Å². The number of ketones is 3. The molecule has 15 atom stereocenters. The number of phenolic OH excluding ortho intramolecular Hbond substituents is 4. The predicted octanol–water partition coefficient (Wildman–Crippen LogP) is 3.91. The van der Waals surface area contributed by atoms with E-state index in [2.05, 4.69) is 38.8 Å². The van der Waals surface area contributed by atoms with E-state index in [4.69, 9.17) is 23.7 Å². The predicted molar refractivity (Wildman–Crippen MR) is 316 cm³/mol. The lowest BCUT2D eigenvalue weighted by molar-refractivity contribution is -0.185. The third-order valence-electron chi connectivity index (χ3n) is 24.8. The molecule has 0 radical (unpaired) electrons. The van der Waals surface area contributed by atoms with Gasteiger partial charge < -0.3 is 64.3 Å². The van der Waals surface area contributed by atoms with Crippen molar-refractivity contribution in [2.75, 3.05) is 61.5 Å². The molecular formula is C69H72N4O15. The first-order valence-corrected chi connectivity index (χ1v) is 31.1. The van der Waals surface area contributed by atoms with Crippen LogP contribution < -0.4 is 18.9 Å². The number of aromatic hydroxyl groups is 4. The molecule has 19 heteroatoms. The van der Waals surface area contributed by atoms with Crippen molar-refractivity contribution < 1.29 is 73.8 Å². The van der Waals surface area contributed by atoms with Crippen molar-refractivity contribution in [2.24, 2.45) is 0 Å². The molecule has 8 heterocycles. The highest BCUT2D eigenvalue weighted by atomic mass is 16.5. The van der Waals surface area contributed by atoms with Gasteiger partial charge in [-0.15, -0.1) is 0 Å². The Morgan fingerprint density at radius 3 is 1.41 bits per heavy atom. The number of nitrogens with zero attached hydrogens (tertiary/aromatic N) is 4. The third kappa shape index (κ3) is 6.22. The summed E-state index contributed by atoms with van der Waals surface area (Å²) < 4.78 is 29.6. The molecule has 8 aliphatic carbocycles. The number of likely N-dealkylation sites (tertiary alicyclic amines) is 4. The Labute approximate surface area is 508 Å². The van der Waals surface area contributed by atoms with E-state index in [1.165, 1.54) is 28.9 Å². The number of carbonyl (C=O) groups excluding carboxylic acids is 3. The first-order valence-electron chi connectivity index (χ1n) is 31.1. The number of ether oxygens (including phenoxy) is 5. The van der Waals surface area contributed by atoms with Crippen LogP contribution in [0, 0.1) is 0 Å². The zero-order valence-corrected chi connectivity index (χ0v) is 49.8. The number of hydrogen-bond donors (Lipinski definition) is 7. The summed E-state index contributed by atoms with van der Waals surface area (Å²) in [6.07, 6.45) is 15.1. The summed E-state index contributed by atoms with van der Waals surface area (Å²) in [5.41, 5.74) is 4.18. The van der Waals surface area contributed by atoms with Gasteiger partial charge in [0.05, 0.1) is 34.4 Å². The van der Waals surface area contributed by atoms with Crippen LogP contribution in [0.25, 0.3) is 0 Å². The number of benzene rings is 4. The lowest BCUT2D eigenvalue weighted by Gasteiger charge is -2.61. The molecule has 8 bridgehead atoms. The second-order valence-electron chi connectivity index (χ2n) is 27.9. The fourth-order valence-electron chi connectivity index (χ4n) is 20.7. The van der Waals surface area contributed by atoms with Crippen LogP contribution in [0.2, 0.25) is 0 Å². The first kappa shape index (κ1) is 54.9. The van der Waals surface area contributed by atoms with Crippen LogP contribution in [0.15, 0.2) is 96.3 Å².